The molecule has 1 amide bonds. The number of Topliss-reactive ketones (excluding diaryl/α,β-unsaturated/α-hetero) is 1. The molecule has 0 spiro atoms. The first kappa shape index (κ1) is 13.5. The van der Waals surface area contributed by atoms with E-state index in [4.69, 9.17) is 0 Å². The van der Waals surface area contributed by atoms with E-state index in [-0.39, 0.29) is 11.7 Å². The number of hydrogen-bond acceptors (Lipinski definition) is 3. The number of para-hydroxylation sites is 1. The lowest BCUT2D eigenvalue weighted by Gasteiger charge is -2.21. The molecule has 1 atom stereocenters. The van der Waals surface area contributed by atoms with E-state index in [1.165, 1.54) is 5.01 Å². The molecule has 0 N–H and O–H groups in total. The van der Waals surface area contributed by atoms with E-state index in [0.717, 1.165) is 0 Å². The lowest BCUT2D eigenvalue weighted by molar-refractivity contribution is -0.134. The topological polar surface area (TPSA) is 49.7 Å². The Labute approximate surface area is 113 Å². The fraction of sp³-hybridized carbons (Fsp3) is 0.400. The number of nitrogens with zero attached hydrogens (tertiary/aromatic N) is 2. The van der Waals surface area contributed by atoms with E-state index in [0.29, 0.717) is 11.4 Å². The van der Waals surface area contributed by atoms with Gasteiger partial charge in [0, 0.05) is 5.41 Å². The van der Waals surface area contributed by atoms with Crippen molar-refractivity contribution in [2.75, 3.05) is 5.01 Å². The monoisotopic (exact) mass is 258 g/mol. The van der Waals surface area contributed by atoms with Gasteiger partial charge < -0.3 is 0 Å². The van der Waals surface area contributed by atoms with Crippen LogP contribution in [0, 0.1) is 11.3 Å². The molecule has 1 aromatic rings. The molecule has 100 valence electrons. The molecule has 0 bridgehead atoms. The second-order valence-corrected chi connectivity index (χ2v) is 5.77. The average Bonchev–Trinajstić information content (AvgIpc) is 2.64. The predicted molar refractivity (Wildman–Crippen MR) is 75.0 cm³/mol. The van der Waals surface area contributed by atoms with E-state index in [9.17, 15) is 9.59 Å². The molecular weight excluding hydrogens is 240 g/mol. The van der Waals surface area contributed by atoms with Crippen molar-refractivity contribution in [2.45, 2.75) is 27.7 Å². The number of rotatable bonds is 2. The number of ketones is 1. The molecule has 0 radical (unpaired) electrons. The highest BCUT2D eigenvalue weighted by atomic mass is 16.2. The van der Waals surface area contributed by atoms with Gasteiger partial charge in [-0.15, -0.1) is 0 Å². The van der Waals surface area contributed by atoms with Gasteiger partial charge in [0.15, 0.2) is 5.78 Å². The summed E-state index contributed by atoms with van der Waals surface area (Å²) >= 11 is 0. The largest absolute Gasteiger partial charge is 0.298 e. The summed E-state index contributed by atoms with van der Waals surface area (Å²) in [5, 5.41) is 5.56. The van der Waals surface area contributed by atoms with Crippen LogP contribution in [-0.2, 0) is 9.59 Å². The minimum atomic E-state index is -0.750. The molecule has 19 heavy (non-hydrogen) atoms. The Bertz CT molecular complexity index is 541. The lowest BCUT2D eigenvalue weighted by Crippen LogP contribution is -2.38. The Morgan fingerprint density at radius 2 is 1.79 bits per heavy atom. The van der Waals surface area contributed by atoms with E-state index >= 15 is 0 Å². The smallest absolute Gasteiger partial charge is 0.263 e. The molecule has 1 heterocycles. The molecule has 0 aliphatic carbocycles. The highest BCUT2D eigenvalue weighted by molar-refractivity contribution is 6.27. The Morgan fingerprint density at radius 3 is 2.32 bits per heavy atom. The van der Waals surface area contributed by atoms with Crippen molar-refractivity contribution in [1.82, 2.24) is 0 Å². The summed E-state index contributed by atoms with van der Waals surface area (Å²) in [5.74, 6) is -1.10. The SMILES string of the molecule is CC1=NN(c2ccccc2)C(=O)C1C(=O)C(C)(C)C. The van der Waals surface area contributed by atoms with Crippen molar-refractivity contribution in [3.8, 4) is 0 Å². The molecule has 4 heteroatoms. The highest BCUT2D eigenvalue weighted by Crippen LogP contribution is 2.29. The van der Waals surface area contributed by atoms with Crippen LogP contribution >= 0.6 is 0 Å². The molecule has 4 nitrogen and oxygen atoms in total. The summed E-state index contributed by atoms with van der Waals surface area (Å²) in [5.41, 5.74) is 0.703. The maximum atomic E-state index is 12.4. The van der Waals surface area contributed by atoms with Crippen LogP contribution in [0.5, 0.6) is 0 Å². The maximum absolute atomic E-state index is 12.4. The fourth-order valence-corrected chi connectivity index (χ4v) is 2.05. The standard InChI is InChI=1S/C15H18N2O2/c1-10-12(13(18)15(2,3)4)14(19)17(16-10)11-8-6-5-7-9-11/h5-9,12H,1-4H3. The quantitative estimate of drug-likeness (QED) is 0.766. The molecule has 1 unspecified atom stereocenters. The van der Waals surface area contributed by atoms with Gasteiger partial charge in [-0.25, -0.2) is 0 Å². The van der Waals surface area contributed by atoms with Gasteiger partial charge in [-0.3, -0.25) is 9.59 Å². The number of carbonyl (C=O) groups excluding carboxylic acids is 2. The van der Waals surface area contributed by atoms with Crippen LogP contribution in [0.4, 0.5) is 5.69 Å². The van der Waals surface area contributed by atoms with Crippen LogP contribution in [0.25, 0.3) is 0 Å². The summed E-state index contributed by atoms with van der Waals surface area (Å²) in [6.07, 6.45) is 0. The van der Waals surface area contributed by atoms with E-state index < -0.39 is 11.3 Å². The van der Waals surface area contributed by atoms with Crippen molar-refractivity contribution in [2.24, 2.45) is 16.4 Å². The van der Waals surface area contributed by atoms with Gasteiger partial charge in [-0.2, -0.15) is 10.1 Å². The lowest BCUT2D eigenvalue weighted by atomic mass is 9.81. The van der Waals surface area contributed by atoms with Crippen molar-refractivity contribution < 1.29 is 9.59 Å². The zero-order valence-electron chi connectivity index (χ0n) is 11.7. The molecule has 1 aromatic carbocycles. The second kappa shape index (κ2) is 4.61. The summed E-state index contributed by atoms with van der Waals surface area (Å²) in [7, 11) is 0. The first-order valence-corrected chi connectivity index (χ1v) is 6.31. The number of amides is 1. The molecule has 1 aliphatic rings. The van der Waals surface area contributed by atoms with Crippen LogP contribution in [0.2, 0.25) is 0 Å². The second-order valence-electron chi connectivity index (χ2n) is 5.77. The Morgan fingerprint density at radius 1 is 1.21 bits per heavy atom. The highest BCUT2D eigenvalue weighted by Gasteiger charge is 2.43. The van der Waals surface area contributed by atoms with Crippen LogP contribution < -0.4 is 5.01 Å². The Hall–Kier alpha value is -1.97. The minimum Gasteiger partial charge on any atom is -0.298 e. The number of benzene rings is 1. The average molecular weight is 258 g/mol. The van der Waals surface area contributed by atoms with E-state index in [1.807, 2.05) is 39.0 Å². The zero-order chi connectivity index (χ0) is 14.2. The van der Waals surface area contributed by atoms with Gasteiger partial charge >= 0.3 is 0 Å². The van der Waals surface area contributed by atoms with Crippen LogP contribution in [-0.4, -0.2) is 17.4 Å². The van der Waals surface area contributed by atoms with Crippen molar-refractivity contribution in [3.05, 3.63) is 30.3 Å². The summed E-state index contributed by atoms with van der Waals surface area (Å²) < 4.78 is 0. The van der Waals surface area contributed by atoms with Crippen molar-refractivity contribution >= 4 is 23.1 Å². The van der Waals surface area contributed by atoms with Crippen molar-refractivity contribution in [1.29, 1.82) is 0 Å². The molecule has 2 rings (SSSR count). The third kappa shape index (κ3) is 2.43. The molecule has 0 saturated carbocycles. The van der Waals surface area contributed by atoms with Crippen molar-refractivity contribution in [3.63, 3.8) is 0 Å². The number of hydrogen-bond donors (Lipinski definition) is 0. The fourth-order valence-electron chi connectivity index (χ4n) is 2.05. The zero-order valence-corrected chi connectivity index (χ0v) is 11.7. The first-order chi connectivity index (χ1) is 8.82. The predicted octanol–water partition coefficient (Wildman–Crippen LogP) is 2.64. The Kier molecular flexibility index (Phi) is 3.27. The summed E-state index contributed by atoms with van der Waals surface area (Å²) in [6, 6.07) is 9.16. The number of carbonyl (C=O) groups is 2. The van der Waals surface area contributed by atoms with Gasteiger partial charge in [-0.05, 0) is 19.1 Å². The summed E-state index contributed by atoms with van der Waals surface area (Å²) in [6.45, 7) is 7.19. The van der Waals surface area contributed by atoms with Gasteiger partial charge in [0.1, 0.15) is 5.92 Å². The summed E-state index contributed by atoms with van der Waals surface area (Å²) in [4.78, 5) is 24.7. The molecular formula is C15H18N2O2. The van der Waals surface area contributed by atoms with Gasteiger partial charge in [-0.1, -0.05) is 39.0 Å². The molecule has 0 saturated heterocycles. The van der Waals surface area contributed by atoms with Gasteiger partial charge in [0.2, 0.25) is 0 Å². The van der Waals surface area contributed by atoms with Crippen LogP contribution in [0.3, 0.4) is 0 Å². The maximum Gasteiger partial charge on any atom is 0.263 e. The molecule has 0 aromatic heterocycles. The third-order valence-corrected chi connectivity index (χ3v) is 3.13. The van der Waals surface area contributed by atoms with Gasteiger partial charge in [0.05, 0.1) is 11.4 Å². The van der Waals surface area contributed by atoms with Gasteiger partial charge in [0.25, 0.3) is 5.91 Å². The third-order valence-electron chi connectivity index (χ3n) is 3.13. The van der Waals surface area contributed by atoms with Crippen LogP contribution in [0.15, 0.2) is 35.4 Å². The number of anilines is 1. The first-order valence-electron chi connectivity index (χ1n) is 6.31. The normalized spacial score (nSPS) is 19.6. The minimum absolute atomic E-state index is 0.0859. The van der Waals surface area contributed by atoms with Crippen LogP contribution in [0.1, 0.15) is 27.7 Å². The Balaban J connectivity index is 2.32. The molecule has 1 aliphatic heterocycles. The molecule has 0 fully saturated rings. The van der Waals surface area contributed by atoms with E-state index in [1.54, 1.807) is 19.1 Å². The van der Waals surface area contributed by atoms with E-state index in [2.05, 4.69) is 5.10 Å². The number of hydrazone groups is 1.